The Kier molecular flexibility index (Phi) is 5.66. The molecule has 1 amide bonds. The molecule has 0 unspecified atom stereocenters. The van der Waals surface area contributed by atoms with Gasteiger partial charge in [0.2, 0.25) is 5.91 Å². The van der Waals surface area contributed by atoms with Crippen LogP contribution in [0, 0.1) is 0 Å². The van der Waals surface area contributed by atoms with E-state index >= 15 is 0 Å². The zero-order chi connectivity index (χ0) is 16.9. The van der Waals surface area contributed by atoms with Crippen LogP contribution in [-0.4, -0.2) is 41.7 Å². The normalized spacial score (nSPS) is 20.6. The van der Waals surface area contributed by atoms with E-state index in [0.717, 1.165) is 10.4 Å². The van der Waals surface area contributed by atoms with Gasteiger partial charge in [-0.3, -0.25) is 4.79 Å². The largest absolute Gasteiger partial charge is 0.387 e. The van der Waals surface area contributed by atoms with Crippen molar-refractivity contribution in [3.8, 4) is 0 Å². The average Bonchev–Trinajstić information content (AvgIpc) is 3.16. The number of hydrogen-bond acceptors (Lipinski definition) is 4. The standard InChI is InChI=1S/C19H23NO3S/c1-14(15-6-3-2-4-7-15)19(22)20-9-10-23-13-16(20)12-17(21)18-8-5-11-24-18/h2-8,11,14,16-17,21H,9-10,12-13H2,1H3/t14-,16-,17+/m0/s1. The predicted molar refractivity (Wildman–Crippen MR) is 95.1 cm³/mol. The quantitative estimate of drug-likeness (QED) is 0.905. The van der Waals surface area contributed by atoms with E-state index in [1.165, 1.54) is 11.3 Å². The Morgan fingerprint density at radius 1 is 1.33 bits per heavy atom. The van der Waals surface area contributed by atoms with Crippen LogP contribution in [0.2, 0.25) is 0 Å². The first-order valence-corrected chi connectivity index (χ1v) is 9.19. The first kappa shape index (κ1) is 17.1. The van der Waals surface area contributed by atoms with Crippen molar-refractivity contribution in [1.82, 2.24) is 4.90 Å². The summed E-state index contributed by atoms with van der Waals surface area (Å²) in [6.45, 7) is 3.56. The summed E-state index contributed by atoms with van der Waals surface area (Å²) in [5.41, 5.74) is 1.02. The monoisotopic (exact) mass is 345 g/mol. The fraction of sp³-hybridized carbons (Fsp3) is 0.421. The number of carbonyl (C=O) groups excluding carboxylic acids is 1. The number of carbonyl (C=O) groups is 1. The molecule has 2 heterocycles. The number of aliphatic hydroxyl groups is 1. The van der Waals surface area contributed by atoms with Gasteiger partial charge in [0.15, 0.2) is 0 Å². The van der Waals surface area contributed by atoms with Crippen LogP contribution >= 0.6 is 11.3 Å². The lowest BCUT2D eigenvalue weighted by molar-refractivity contribution is -0.142. The molecule has 0 aliphatic carbocycles. The van der Waals surface area contributed by atoms with Gasteiger partial charge in [-0.1, -0.05) is 36.4 Å². The van der Waals surface area contributed by atoms with E-state index in [-0.39, 0.29) is 17.9 Å². The number of thiophene rings is 1. The van der Waals surface area contributed by atoms with Gasteiger partial charge in [-0.15, -0.1) is 11.3 Å². The summed E-state index contributed by atoms with van der Waals surface area (Å²) in [5, 5.41) is 12.4. The van der Waals surface area contributed by atoms with Gasteiger partial charge in [-0.05, 0) is 23.9 Å². The highest BCUT2D eigenvalue weighted by atomic mass is 32.1. The Balaban J connectivity index is 1.70. The van der Waals surface area contributed by atoms with Crippen LogP contribution in [0.25, 0.3) is 0 Å². The van der Waals surface area contributed by atoms with Crippen molar-refractivity contribution in [3.63, 3.8) is 0 Å². The van der Waals surface area contributed by atoms with E-state index in [4.69, 9.17) is 4.74 Å². The summed E-state index contributed by atoms with van der Waals surface area (Å²) in [6, 6.07) is 13.6. The van der Waals surface area contributed by atoms with Gasteiger partial charge < -0.3 is 14.7 Å². The molecule has 3 rings (SSSR count). The molecule has 0 bridgehead atoms. The molecule has 1 aliphatic rings. The van der Waals surface area contributed by atoms with Crippen molar-refractivity contribution in [1.29, 1.82) is 0 Å². The maximum atomic E-state index is 13.0. The molecule has 5 heteroatoms. The van der Waals surface area contributed by atoms with Crippen LogP contribution in [0.5, 0.6) is 0 Å². The second-order valence-electron chi connectivity index (χ2n) is 6.16. The van der Waals surface area contributed by atoms with Gasteiger partial charge >= 0.3 is 0 Å². The molecule has 4 nitrogen and oxygen atoms in total. The minimum atomic E-state index is -0.556. The summed E-state index contributed by atoms with van der Waals surface area (Å²) in [6.07, 6.45) is -0.0488. The van der Waals surface area contributed by atoms with Gasteiger partial charge in [0, 0.05) is 17.8 Å². The Morgan fingerprint density at radius 2 is 2.12 bits per heavy atom. The third-order valence-electron chi connectivity index (χ3n) is 4.55. The molecule has 1 saturated heterocycles. The van der Waals surface area contributed by atoms with Crippen LogP contribution in [0.3, 0.4) is 0 Å². The lowest BCUT2D eigenvalue weighted by Crippen LogP contribution is -2.50. The number of amides is 1. The zero-order valence-electron chi connectivity index (χ0n) is 13.8. The number of aliphatic hydroxyl groups excluding tert-OH is 1. The minimum Gasteiger partial charge on any atom is -0.387 e. The molecule has 0 saturated carbocycles. The van der Waals surface area contributed by atoms with Crippen LogP contribution in [0.4, 0.5) is 0 Å². The highest BCUT2D eigenvalue weighted by Gasteiger charge is 2.32. The molecule has 128 valence electrons. The topological polar surface area (TPSA) is 49.8 Å². The molecule has 24 heavy (non-hydrogen) atoms. The lowest BCUT2D eigenvalue weighted by atomic mass is 9.97. The van der Waals surface area contributed by atoms with Gasteiger partial charge in [0.25, 0.3) is 0 Å². The maximum Gasteiger partial charge on any atom is 0.230 e. The molecule has 0 radical (unpaired) electrons. The Labute approximate surface area is 146 Å². The highest BCUT2D eigenvalue weighted by molar-refractivity contribution is 7.10. The maximum absolute atomic E-state index is 13.0. The lowest BCUT2D eigenvalue weighted by Gasteiger charge is -2.38. The second-order valence-corrected chi connectivity index (χ2v) is 7.14. The van der Waals surface area contributed by atoms with Crippen molar-refractivity contribution in [2.45, 2.75) is 31.4 Å². The van der Waals surface area contributed by atoms with Crippen molar-refractivity contribution in [2.75, 3.05) is 19.8 Å². The number of nitrogens with zero attached hydrogens (tertiary/aromatic N) is 1. The van der Waals surface area contributed by atoms with E-state index < -0.39 is 6.10 Å². The minimum absolute atomic E-state index is 0.0884. The molecule has 0 spiro atoms. The molecule has 1 aromatic heterocycles. The number of ether oxygens (including phenoxy) is 1. The molecule has 1 aliphatic heterocycles. The SMILES string of the molecule is C[C@H](C(=O)N1CCOC[C@@H]1C[C@@H](O)c1cccs1)c1ccccc1. The third kappa shape index (κ3) is 3.86. The summed E-state index contributed by atoms with van der Waals surface area (Å²) in [7, 11) is 0. The van der Waals surface area contributed by atoms with Gasteiger partial charge in [0.1, 0.15) is 0 Å². The molecular weight excluding hydrogens is 322 g/mol. The molecule has 1 N–H and O–H groups in total. The van der Waals surface area contributed by atoms with Crippen molar-refractivity contribution < 1.29 is 14.6 Å². The first-order valence-electron chi connectivity index (χ1n) is 8.31. The van der Waals surface area contributed by atoms with Crippen LogP contribution in [-0.2, 0) is 9.53 Å². The molecule has 2 aromatic rings. The second kappa shape index (κ2) is 7.92. The Morgan fingerprint density at radius 3 is 2.83 bits per heavy atom. The highest BCUT2D eigenvalue weighted by Crippen LogP contribution is 2.28. The van der Waals surface area contributed by atoms with Crippen molar-refractivity contribution in [2.24, 2.45) is 0 Å². The summed E-state index contributed by atoms with van der Waals surface area (Å²) >= 11 is 1.54. The Hall–Kier alpha value is -1.69. The number of benzene rings is 1. The van der Waals surface area contributed by atoms with E-state index in [9.17, 15) is 9.90 Å². The number of hydrogen-bond donors (Lipinski definition) is 1. The molecular formula is C19H23NO3S. The van der Waals surface area contributed by atoms with Crippen molar-refractivity contribution in [3.05, 3.63) is 58.3 Å². The van der Waals surface area contributed by atoms with Crippen LogP contribution in [0.1, 0.15) is 35.8 Å². The fourth-order valence-electron chi connectivity index (χ4n) is 3.13. The molecule has 3 atom stereocenters. The fourth-order valence-corrected chi connectivity index (χ4v) is 3.85. The summed E-state index contributed by atoms with van der Waals surface area (Å²) in [5.74, 6) is -0.0847. The molecule has 1 aromatic carbocycles. The predicted octanol–water partition coefficient (Wildman–Crippen LogP) is 3.20. The summed E-state index contributed by atoms with van der Waals surface area (Å²) in [4.78, 5) is 15.8. The van der Waals surface area contributed by atoms with Crippen LogP contribution < -0.4 is 0 Å². The zero-order valence-corrected chi connectivity index (χ0v) is 14.6. The summed E-state index contributed by atoms with van der Waals surface area (Å²) < 4.78 is 5.56. The van der Waals surface area contributed by atoms with Gasteiger partial charge in [0.05, 0.1) is 31.3 Å². The van der Waals surface area contributed by atoms with E-state index in [2.05, 4.69) is 0 Å². The first-order chi connectivity index (χ1) is 11.7. The Bertz CT molecular complexity index is 644. The van der Waals surface area contributed by atoms with E-state index in [1.807, 2.05) is 59.7 Å². The van der Waals surface area contributed by atoms with Gasteiger partial charge in [-0.2, -0.15) is 0 Å². The number of morpholine rings is 1. The van der Waals surface area contributed by atoms with Crippen LogP contribution in [0.15, 0.2) is 47.8 Å². The smallest absolute Gasteiger partial charge is 0.230 e. The molecule has 1 fully saturated rings. The number of rotatable bonds is 5. The van der Waals surface area contributed by atoms with Gasteiger partial charge in [-0.25, -0.2) is 0 Å². The van der Waals surface area contributed by atoms with Crippen molar-refractivity contribution >= 4 is 17.2 Å². The van der Waals surface area contributed by atoms with E-state index in [0.29, 0.717) is 26.2 Å². The third-order valence-corrected chi connectivity index (χ3v) is 5.52. The van der Waals surface area contributed by atoms with E-state index in [1.54, 1.807) is 0 Å². The average molecular weight is 345 g/mol.